The minimum atomic E-state index is -3.19. The zero-order valence-corrected chi connectivity index (χ0v) is 17.4. The first-order valence-electron chi connectivity index (χ1n) is 9.68. The zero-order chi connectivity index (χ0) is 20.6. The van der Waals surface area contributed by atoms with E-state index in [1.54, 1.807) is 29.4 Å². The lowest BCUT2D eigenvalue weighted by atomic mass is 10.1. The van der Waals surface area contributed by atoms with E-state index in [9.17, 15) is 13.5 Å². The summed E-state index contributed by atoms with van der Waals surface area (Å²) >= 11 is 0. The van der Waals surface area contributed by atoms with Gasteiger partial charge in [-0.05, 0) is 43.7 Å². The van der Waals surface area contributed by atoms with Gasteiger partial charge in [0.05, 0.1) is 16.8 Å². The van der Waals surface area contributed by atoms with Crippen molar-refractivity contribution in [2.45, 2.75) is 13.8 Å². The van der Waals surface area contributed by atoms with Gasteiger partial charge in [0.2, 0.25) is 10.0 Å². The Labute approximate surface area is 170 Å². The van der Waals surface area contributed by atoms with Gasteiger partial charge in [-0.3, -0.25) is 0 Å². The van der Waals surface area contributed by atoms with Crippen molar-refractivity contribution in [2.75, 3.05) is 36.8 Å². The van der Waals surface area contributed by atoms with Crippen LogP contribution in [0.2, 0.25) is 0 Å². The Bertz CT molecular complexity index is 1160. The van der Waals surface area contributed by atoms with Gasteiger partial charge in [-0.15, -0.1) is 0 Å². The largest absolute Gasteiger partial charge is 0.507 e. The minimum Gasteiger partial charge on any atom is -0.507 e. The number of piperazine rings is 1. The van der Waals surface area contributed by atoms with Gasteiger partial charge >= 0.3 is 0 Å². The number of fused-ring (bicyclic) bond motifs is 1. The fraction of sp³-hybridized carbons (Fsp3) is 0.333. The molecule has 1 aliphatic heterocycles. The van der Waals surface area contributed by atoms with Crippen LogP contribution in [0.25, 0.3) is 22.3 Å². The van der Waals surface area contributed by atoms with Crippen molar-refractivity contribution in [3.05, 3.63) is 48.0 Å². The number of aromatic hydroxyl groups is 1. The first kappa shape index (κ1) is 19.6. The Morgan fingerprint density at radius 2 is 1.76 bits per heavy atom. The van der Waals surface area contributed by atoms with E-state index in [2.05, 4.69) is 9.88 Å². The number of para-hydroxylation sites is 1. The fourth-order valence-corrected chi connectivity index (χ4v) is 4.69. The highest BCUT2D eigenvalue weighted by Crippen LogP contribution is 2.32. The van der Waals surface area contributed by atoms with Gasteiger partial charge in [0, 0.05) is 31.6 Å². The van der Waals surface area contributed by atoms with Gasteiger partial charge in [-0.2, -0.15) is 4.31 Å². The fourth-order valence-electron chi connectivity index (χ4n) is 3.61. The number of sulfonamides is 1. The maximum absolute atomic E-state index is 12.2. The predicted octanol–water partition coefficient (Wildman–Crippen LogP) is 2.78. The van der Waals surface area contributed by atoms with Crippen LogP contribution in [0.4, 0.5) is 5.82 Å². The topological polar surface area (TPSA) is 86.6 Å². The predicted molar refractivity (Wildman–Crippen MR) is 115 cm³/mol. The summed E-state index contributed by atoms with van der Waals surface area (Å²) in [6, 6.07) is 13.0. The van der Waals surface area contributed by atoms with Crippen LogP contribution in [0.3, 0.4) is 0 Å². The van der Waals surface area contributed by atoms with E-state index in [0.717, 1.165) is 22.3 Å². The first-order valence-corrected chi connectivity index (χ1v) is 11.3. The molecule has 0 spiro atoms. The van der Waals surface area contributed by atoms with E-state index in [4.69, 9.17) is 4.98 Å². The second kappa shape index (κ2) is 7.61. The number of benzene rings is 2. The number of anilines is 1. The van der Waals surface area contributed by atoms with Crippen molar-refractivity contribution >= 4 is 26.7 Å². The van der Waals surface area contributed by atoms with E-state index in [1.165, 1.54) is 0 Å². The molecule has 8 heteroatoms. The van der Waals surface area contributed by atoms with Crippen LogP contribution in [0.5, 0.6) is 5.75 Å². The van der Waals surface area contributed by atoms with Crippen molar-refractivity contribution < 1.29 is 13.5 Å². The van der Waals surface area contributed by atoms with Crippen LogP contribution in [-0.2, 0) is 10.0 Å². The summed E-state index contributed by atoms with van der Waals surface area (Å²) in [6.07, 6.45) is 0. The normalized spacial score (nSPS) is 15.7. The van der Waals surface area contributed by atoms with Gasteiger partial charge in [-0.1, -0.05) is 18.2 Å². The summed E-state index contributed by atoms with van der Waals surface area (Å²) in [4.78, 5) is 11.6. The van der Waals surface area contributed by atoms with Crippen LogP contribution >= 0.6 is 0 Å². The molecule has 1 aromatic heterocycles. The molecule has 0 amide bonds. The molecule has 7 nitrogen and oxygen atoms in total. The van der Waals surface area contributed by atoms with Crippen molar-refractivity contribution in [2.24, 2.45) is 0 Å². The van der Waals surface area contributed by atoms with Crippen molar-refractivity contribution in [1.82, 2.24) is 14.3 Å². The summed E-state index contributed by atoms with van der Waals surface area (Å²) in [5.74, 6) is 1.46. The molecule has 0 saturated carbocycles. The number of phenolic OH excluding ortho intramolecular Hbond substituents is 1. The molecule has 29 heavy (non-hydrogen) atoms. The Hall–Kier alpha value is -2.71. The van der Waals surface area contributed by atoms with Gasteiger partial charge in [-0.25, -0.2) is 18.4 Å². The van der Waals surface area contributed by atoms with Gasteiger partial charge in [0.1, 0.15) is 11.6 Å². The lowest BCUT2D eigenvalue weighted by Gasteiger charge is -2.35. The molecule has 1 saturated heterocycles. The minimum absolute atomic E-state index is 0.111. The van der Waals surface area contributed by atoms with E-state index in [0.29, 0.717) is 37.6 Å². The summed E-state index contributed by atoms with van der Waals surface area (Å²) in [7, 11) is -3.19. The average molecular weight is 413 g/mol. The third-order valence-corrected chi connectivity index (χ3v) is 7.16. The highest BCUT2D eigenvalue weighted by atomic mass is 32.2. The van der Waals surface area contributed by atoms with Gasteiger partial charge < -0.3 is 10.0 Å². The molecule has 0 aliphatic carbocycles. The molecule has 152 valence electrons. The molecule has 1 fully saturated rings. The molecule has 0 radical (unpaired) electrons. The third kappa shape index (κ3) is 3.77. The van der Waals surface area contributed by atoms with Crippen LogP contribution < -0.4 is 4.90 Å². The molecule has 0 unspecified atom stereocenters. The maximum atomic E-state index is 12.2. The Balaban J connectivity index is 1.77. The van der Waals surface area contributed by atoms with E-state index in [1.807, 2.05) is 31.2 Å². The molecule has 0 bridgehead atoms. The standard InChI is InChI=1S/C21H24N4O3S/c1-3-29(27,28)25-12-10-24(11-13-25)21-16-9-8-15(2)14-18(16)22-20(23-21)17-6-4-5-7-19(17)26/h4-9,14,26H,3,10-13H2,1-2H3. The smallest absolute Gasteiger partial charge is 0.213 e. The first-order chi connectivity index (χ1) is 13.9. The van der Waals surface area contributed by atoms with Gasteiger partial charge in [0.15, 0.2) is 5.82 Å². The number of hydrogen-bond donors (Lipinski definition) is 1. The van der Waals surface area contributed by atoms with Crippen molar-refractivity contribution in [3.63, 3.8) is 0 Å². The molecule has 2 aromatic carbocycles. The monoisotopic (exact) mass is 412 g/mol. The quantitative estimate of drug-likeness (QED) is 0.709. The molecule has 1 N–H and O–H groups in total. The van der Waals surface area contributed by atoms with Crippen molar-refractivity contribution in [1.29, 1.82) is 0 Å². The van der Waals surface area contributed by atoms with Gasteiger partial charge in [0.25, 0.3) is 0 Å². The average Bonchev–Trinajstić information content (AvgIpc) is 2.73. The highest BCUT2D eigenvalue weighted by Gasteiger charge is 2.27. The molecular formula is C21H24N4O3S. The number of aryl methyl sites for hydroxylation is 1. The SMILES string of the molecule is CCS(=O)(=O)N1CCN(c2nc(-c3ccccc3O)nc3cc(C)ccc23)CC1. The molecular weight excluding hydrogens is 388 g/mol. The third-order valence-electron chi connectivity index (χ3n) is 5.27. The number of rotatable bonds is 4. The zero-order valence-electron chi connectivity index (χ0n) is 16.5. The summed E-state index contributed by atoms with van der Waals surface area (Å²) in [5, 5.41) is 11.2. The lowest BCUT2D eigenvalue weighted by molar-refractivity contribution is 0.385. The highest BCUT2D eigenvalue weighted by molar-refractivity contribution is 7.89. The van der Waals surface area contributed by atoms with Crippen LogP contribution in [-0.4, -0.2) is 59.7 Å². The molecule has 1 aliphatic rings. The Morgan fingerprint density at radius 3 is 2.45 bits per heavy atom. The summed E-state index contributed by atoms with van der Waals surface area (Å²) in [6.45, 7) is 5.65. The Kier molecular flexibility index (Phi) is 5.14. The second-order valence-electron chi connectivity index (χ2n) is 7.20. The number of aromatic nitrogens is 2. The summed E-state index contributed by atoms with van der Waals surface area (Å²) < 4.78 is 25.9. The molecule has 3 aromatic rings. The number of nitrogens with zero attached hydrogens (tertiary/aromatic N) is 4. The van der Waals surface area contributed by atoms with Crippen LogP contribution in [0, 0.1) is 6.92 Å². The number of hydrogen-bond acceptors (Lipinski definition) is 6. The van der Waals surface area contributed by atoms with E-state index < -0.39 is 10.0 Å². The molecule has 0 atom stereocenters. The molecule has 2 heterocycles. The van der Waals surface area contributed by atoms with Crippen molar-refractivity contribution in [3.8, 4) is 17.1 Å². The lowest BCUT2D eigenvalue weighted by Crippen LogP contribution is -2.49. The maximum Gasteiger partial charge on any atom is 0.213 e. The second-order valence-corrected chi connectivity index (χ2v) is 9.45. The van der Waals surface area contributed by atoms with Crippen LogP contribution in [0.1, 0.15) is 12.5 Å². The molecule has 4 rings (SSSR count). The van der Waals surface area contributed by atoms with Crippen LogP contribution in [0.15, 0.2) is 42.5 Å². The van der Waals surface area contributed by atoms with E-state index in [-0.39, 0.29) is 11.5 Å². The summed E-state index contributed by atoms with van der Waals surface area (Å²) in [5.41, 5.74) is 2.46. The Morgan fingerprint density at radius 1 is 1.03 bits per heavy atom. The number of phenols is 1. The van der Waals surface area contributed by atoms with E-state index >= 15 is 0 Å².